The van der Waals surface area contributed by atoms with Crippen LogP contribution in [0.25, 0.3) is 22.2 Å². The van der Waals surface area contributed by atoms with E-state index >= 15 is 0 Å². The SMILES string of the molecule is Cc1ccc(-c2cc(C(=O)N3CCCC3)c3ccccc3n2)cc1C. The van der Waals surface area contributed by atoms with Crippen LogP contribution in [0.15, 0.2) is 48.5 Å². The lowest BCUT2D eigenvalue weighted by molar-refractivity contribution is 0.0794. The molecule has 3 heteroatoms. The Morgan fingerprint density at radius 2 is 1.72 bits per heavy atom. The number of hydrogen-bond donors (Lipinski definition) is 0. The summed E-state index contributed by atoms with van der Waals surface area (Å²) >= 11 is 0. The lowest BCUT2D eigenvalue weighted by atomic mass is 10.0. The Balaban J connectivity index is 1.88. The minimum atomic E-state index is 0.126. The Kier molecular flexibility index (Phi) is 4.00. The molecular formula is C22H22N2O. The fourth-order valence-corrected chi connectivity index (χ4v) is 3.49. The molecule has 0 spiro atoms. The van der Waals surface area contributed by atoms with Crippen LogP contribution >= 0.6 is 0 Å². The second-order valence-electron chi connectivity index (χ2n) is 6.87. The van der Waals surface area contributed by atoms with Gasteiger partial charge >= 0.3 is 0 Å². The number of fused-ring (bicyclic) bond motifs is 1. The van der Waals surface area contributed by atoms with Gasteiger partial charge in [-0.15, -0.1) is 0 Å². The first kappa shape index (κ1) is 15.8. The van der Waals surface area contributed by atoms with E-state index in [9.17, 15) is 4.79 Å². The molecule has 1 fully saturated rings. The lowest BCUT2D eigenvalue weighted by Gasteiger charge is -2.17. The largest absolute Gasteiger partial charge is 0.339 e. The van der Waals surface area contributed by atoms with Crippen molar-refractivity contribution in [2.45, 2.75) is 26.7 Å². The zero-order valence-electron chi connectivity index (χ0n) is 14.7. The van der Waals surface area contributed by atoms with E-state index in [1.165, 1.54) is 11.1 Å². The summed E-state index contributed by atoms with van der Waals surface area (Å²) in [6, 6.07) is 16.2. The highest BCUT2D eigenvalue weighted by Gasteiger charge is 2.22. The maximum Gasteiger partial charge on any atom is 0.254 e. The maximum atomic E-state index is 13.1. The zero-order chi connectivity index (χ0) is 17.4. The number of hydrogen-bond acceptors (Lipinski definition) is 2. The summed E-state index contributed by atoms with van der Waals surface area (Å²) in [5, 5.41) is 0.937. The van der Waals surface area contributed by atoms with E-state index in [0.29, 0.717) is 0 Å². The summed E-state index contributed by atoms with van der Waals surface area (Å²) in [6.07, 6.45) is 2.19. The molecule has 1 saturated heterocycles. The molecule has 0 radical (unpaired) electrons. The Labute approximate surface area is 148 Å². The minimum absolute atomic E-state index is 0.126. The van der Waals surface area contributed by atoms with Crippen molar-refractivity contribution >= 4 is 16.8 Å². The second-order valence-corrected chi connectivity index (χ2v) is 6.87. The van der Waals surface area contributed by atoms with Crippen LogP contribution in [0, 0.1) is 13.8 Å². The van der Waals surface area contributed by atoms with Gasteiger partial charge in [0.2, 0.25) is 0 Å². The summed E-state index contributed by atoms with van der Waals surface area (Å²) in [5.41, 5.74) is 6.06. The fourth-order valence-electron chi connectivity index (χ4n) is 3.49. The summed E-state index contributed by atoms with van der Waals surface area (Å²) in [7, 11) is 0. The quantitative estimate of drug-likeness (QED) is 0.679. The number of carbonyl (C=O) groups excluding carboxylic acids is 1. The third-order valence-corrected chi connectivity index (χ3v) is 5.14. The Morgan fingerprint density at radius 3 is 2.48 bits per heavy atom. The van der Waals surface area contributed by atoms with Crippen LogP contribution in [0.3, 0.4) is 0 Å². The van der Waals surface area contributed by atoms with Crippen molar-refractivity contribution in [1.29, 1.82) is 0 Å². The molecule has 2 aromatic carbocycles. The van der Waals surface area contributed by atoms with Gasteiger partial charge in [-0.3, -0.25) is 4.79 Å². The molecule has 25 heavy (non-hydrogen) atoms. The predicted molar refractivity (Wildman–Crippen MR) is 102 cm³/mol. The maximum absolute atomic E-state index is 13.1. The van der Waals surface area contributed by atoms with Crippen molar-refractivity contribution in [2.24, 2.45) is 0 Å². The molecule has 1 amide bonds. The number of pyridine rings is 1. The molecule has 0 unspecified atom stereocenters. The minimum Gasteiger partial charge on any atom is -0.339 e. The average Bonchev–Trinajstić information content (AvgIpc) is 3.17. The van der Waals surface area contributed by atoms with Crippen molar-refractivity contribution in [3.63, 3.8) is 0 Å². The van der Waals surface area contributed by atoms with Crippen molar-refractivity contribution in [3.05, 3.63) is 65.2 Å². The van der Waals surface area contributed by atoms with Gasteiger partial charge in [-0.1, -0.05) is 30.3 Å². The summed E-state index contributed by atoms with van der Waals surface area (Å²) in [4.78, 5) is 19.8. The third kappa shape index (κ3) is 2.91. The van der Waals surface area contributed by atoms with Crippen LogP contribution in [-0.4, -0.2) is 28.9 Å². The molecular weight excluding hydrogens is 308 g/mol. The topological polar surface area (TPSA) is 33.2 Å². The first-order valence-electron chi connectivity index (χ1n) is 8.90. The monoisotopic (exact) mass is 330 g/mol. The van der Waals surface area contributed by atoms with Crippen LogP contribution < -0.4 is 0 Å². The first-order valence-corrected chi connectivity index (χ1v) is 8.90. The molecule has 0 saturated carbocycles. The molecule has 0 bridgehead atoms. The van der Waals surface area contributed by atoms with Gasteiger partial charge in [0.05, 0.1) is 16.8 Å². The number of para-hydroxylation sites is 1. The summed E-state index contributed by atoms with van der Waals surface area (Å²) < 4.78 is 0. The Hall–Kier alpha value is -2.68. The highest BCUT2D eigenvalue weighted by Crippen LogP contribution is 2.27. The number of nitrogens with zero attached hydrogens (tertiary/aromatic N) is 2. The summed E-state index contributed by atoms with van der Waals surface area (Å²) in [6.45, 7) is 5.92. The van der Waals surface area contributed by atoms with Crippen LogP contribution in [0.4, 0.5) is 0 Å². The zero-order valence-corrected chi connectivity index (χ0v) is 14.7. The molecule has 0 atom stereocenters. The van der Waals surface area contributed by atoms with Gasteiger partial charge < -0.3 is 4.90 Å². The number of benzene rings is 2. The predicted octanol–water partition coefficient (Wildman–Crippen LogP) is 4.75. The van der Waals surface area contributed by atoms with Crippen LogP contribution in [0.2, 0.25) is 0 Å². The van der Waals surface area contributed by atoms with Crippen LogP contribution in [-0.2, 0) is 0 Å². The van der Waals surface area contributed by atoms with Crippen molar-refractivity contribution in [3.8, 4) is 11.3 Å². The standard InChI is InChI=1S/C22H22N2O/c1-15-9-10-17(13-16(15)2)21-14-19(22(25)24-11-5-6-12-24)18-7-3-4-8-20(18)23-21/h3-4,7-10,13-14H,5-6,11-12H2,1-2H3. The molecule has 1 aliphatic rings. The molecule has 1 aliphatic heterocycles. The van der Waals surface area contributed by atoms with Crippen molar-refractivity contribution in [2.75, 3.05) is 13.1 Å². The van der Waals surface area contributed by atoms with Gasteiger partial charge in [0.15, 0.2) is 0 Å². The van der Waals surface area contributed by atoms with E-state index in [0.717, 1.165) is 53.7 Å². The van der Waals surface area contributed by atoms with Gasteiger partial charge in [-0.25, -0.2) is 4.98 Å². The fraction of sp³-hybridized carbons (Fsp3) is 0.273. The van der Waals surface area contributed by atoms with Gasteiger partial charge in [-0.05, 0) is 56.0 Å². The van der Waals surface area contributed by atoms with Crippen molar-refractivity contribution < 1.29 is 4.79 Å². The number of likely N-dealkylation sites (tertiary alicyclic amines) is 1. The van der Waals surface area contributed by atoms with E-state index in [-0.39, 0.29) is 5.91 Å². The smallest absolute Gasteiger partial charge is 0.254 e. The second kappa shape index (κ2) is 6.32. The molecule has 1 aromatic heterocycles. The van der Waals surface area contributed by atoms with E-state index < -0.39 is 0 Å². The van der Waals surface area contributed by atoms with Gasteiger partial charge in [0.1, 0.15) is 0 Å². The third-order valence-electron chi connectivity index (χ3n) is 5.14. The summed E-state index contributed by atoms with van der Waals surface area (Å²) in [5.74, 6) is 0.126. The molecule has 126 valence electrons. The van der Waals surface area contributed by atoms with Gasteiger partial charge in [-0.2, -0.15) is 0 Å². The molecule has 0 aliphatic carbocycles. The van der Waals surface area contributed by atoms with Crippen LogP contribution in [0.5, 0.6) is 0 Å². The van der Waals surface area contributed by atoms with Crippen molar-refractivity contribution in [1.82, 2.24) is 9.88 Å². The van der Waals surface area contributed by atoms with E-state index in [1.54, 1.807) is 0 Å². The van der Waals surface area contributed by atoms with Gasteiger partial charge in [0, 0.05) is 24.0 Å². The molecule has 3 aromatic rings. The number of aryl methyl sites for hydroxylation is 2. The molecule has 0 N–H and O–H groups in total. The van der Waals surface area contributed by atoms with Gasteiger partial charge in [0.25, 0.3) is 5.91 Å². The lowest BCUT2D eigenvalue weighted by Crippen LogP contribution is -2.27. The molecule has 3 nitrogen and oxygen atoms in total. The highest BCUT2D eigenvalue weighted by atomic mass is 16.2. The average molecular weight is 330 g/mol. The number of rotatable bonds is 2. The normalized spacial score (nSPS) is 14.2. The number of aromatic nitrogens is 1. The Morgan fingerprint density at radius 1 is 0.960 bits per heavy atom. The van der Waals surface area contributed by atoms with Crippen LogP contribution in [0.1, 0.15) is 34.3 Å². The van der Waals surface area contributed by atoms with E-state index in [2.05, 4.69) is 32.0 Å². The molecule has 4 rings (SSSR count). The first-order chi connectivity index (χ1) is 12.1. The molecule has 2 heterocycles. The highest BCUT2D eigenvalue weighted by molar-refractivity contribution is 6.07. The number of carbonyl (C=O) groups is 1. The number of amides is 1. The van der Waals surface area contributed by atoms with E-state index in [4.69, 9.17) is 4.98 Å². The Bertz CT molecular complexity index is 955. The van der Waals surface area contributed by atoms with E-state index in [1.807, 2.05) is 35.2 Å².